The van der Waals surface area contributed by atoms with Crippen LogP contribution in [0.2, 0.25) is 0 Å². The molecule has 13 rings (SSSR count). The SMILES string of the molecule is CC(C)(O)c1ccncc1.CC(O)c1ccncc1.CCCc1ccccn1.CCOc1ccccn1.CN(C)c1ccncc1.Cc1cc(C)nc(C)c1.Cc1cccc(C)n1.Cc1ccccn1.Cc1cccnc1.OCc1ccccn1.c1ccc(C(c2ccccc2)c2ccncc2)cc1. The van der Waals surface area contributed by atoms with Crippen LogP contribution in [0, 0.1) is 48.5 Å². The van der Waals surface area contributed by atoms with Crippen molar-refractivity contribution >= 4 is 5.69 Å². The second kappa shape index (κ2) is 53.4. The van der Waals surface area contributed by atoms with Gasteiger partial charge in [-0.3, -0.25) is 49.8 Å². The van der Waals surface area contributed by atoms with Gasteiger partial charge in [0.05, 0.1) is 30.6 Å². The van der Waals surface area contributed by atoms with E-state index in [-0.39, 0.29) is 18.6 Å². The van der Waals surface area contributed by atoms with Gasteiger partial charge in [-0.15, -0.1) is 0 Å². The molecule has 0 radical (unpaired) electrons. The van der Waals surface area contributed by atoms with Crippen molar-refractivity contribution in [3.05, 3.63) is 390 Å². The summed E-state index contributed by atoms with van der Waals surface area (Å²) in [4.78, 5) is 46.0. The third-order valence-corrected chi connectivity index (χ3v) is 14.0. The van der Waals surface area contributed by atoms with Gasteiger partial charge in [0.15, 0.2) is 0 Å². The summed E-state index contributed by atoms with van der Waals surface area (Å²) in [6.07, 6.45) is 26.5. The molecular formula is C88H106N12O4. The van der Waals surface area contributed by atoms with Crippen molar-refractivity contribution in [1.29, 1.82) is 0 Å². The quantitative estimate of drug-likeness (QED) is 0.110. The number of rotatable bonds is 11. The second-order valence-corrected chi connectivity index (χ2v) is 23.9. The topological polar surface area (TPSA) is 215 Å². The summed E-state index contributed by atoms with van der Waals surface area (Å²) in [7, 11) is 4.02. The number of aliphatic hydroxyl groups excluding tert-OH is 2. The van der Waals surface area contributed by atoms with Crippen molar-refractivity contribution in [3.63, 3.8) is 0 Å². The smallest absolute Gasteiger partial charge is 0.213 e. The highest BCUT2D eigenvalue weighted by molar-refractivity contribution is 5.43. The average Bonchev–Trinajstić information content (AvgIpc) is 0.831. The minimum Gasteiger partial charge on any atom is -0.478 e. The van der Waals surface area contributed by atoms with Crippen LogP contribution in [0.25, 0.3) is 0 Å². The highest BCUT2D eigenvalue weighted by Gasteiger charge is 2.16. The maximum Gasteiger partial charge on any atom is 0.213 e. The molecule has 1 unspecified atom stereocenters. The predicted octanol–water partition coefficient (Wildman–Crippen LogP) is 18.4. The van der Waals surface area contributed by atoms with Crippen LogP contribution in [0.4, 0.5) is 5.69 Å². The molecule has 16 nitrogen and oxygen atoms in total. The Labute approximate surface area is 619 Å². The minimum atomic E-state index is -0.747. The highest BCUT2D eigenvalue weighted by atomic mass is 16.5. The first kappa shape index (κ1) is 86.8. The number of hydrogen-bond donors (Lipinski definition) is 3. The number of hydrogen-bond acceptors (Lipinski definition) is 16. The van der Waals surface area contributed by atoms with Gasteiger partial charge in [0.25, 0.3) is 0 Å². The van der Waals surface area contributed by atoms with Crippen molar-refractivity contribution in [3.8, 4) is 5.88 Å². The normalized spacial score (nSPS) is 9.98. The molecule has 16 heteroatoms. The first-order valence-corrected chi connectivity index (χ1v) is 34.5. The van der Waals surface area contributed by atoms with Crippen LogP contribution < -0.4 is 9.64 Å². The molecule has 2 aromatic carbocycles. The number of benzene rings is 2. The lowest BCUT2D eigenvalue weighted by Gasteiger charge is -2.18. The Morgan fingerprint density at radius 2 is 0.837 bits per heavy atom. The maximum atomic E-state index is 9.46. The largest absolute Gasteiger partial charge is 0.478 e. The van der Waals surface area contributed by atoms with Crippen LogP contribution in [0.5, 0.6) is 5.88 Å². The summed E-state index contributed by atoms with van der Waals surface area (Å²) in [5, 5.41) is 26.9. The van der Waals surface area contributed by atoms with E-state index in [0.717, 1.165) is 46.0 Å². The minimum absolute atomic E-state index is 0.0286. The molecule has 0 amide bonds. The van der Waals surface area contributed by atoms with Crippen LogP contribution in [-0.2, 0) is 18.6 Å². The molecule has 13 aromatic rings. The van der Waals surface area contributed by atoms with E-state index >= 15 is 0 Å². The third-order valence-electron chi connectivity index (χ3n) is 14.0. The lowest BCUT2D eigenvalue weighted by atomic mass is 9.86. The van der Waals surface area contributed by atoms with E-state index < -0.39 is 5.60 Å². The number of pyridine rings is 11. The monoisotopic (exact) mass is 1390 g/mol. The Balaban J connectivity index is 0.000000302. The third kappa shape index (κ3) is 41.3. The van der Waals surface area contributed by atoms with Gasteiger partial charge in [-0.05, 0) is 243 Å². The zero-order valence-electron chi connectivity index (χ0n) is 63.0. The molecule has 0 saturated carbocycles. The fourth-order valence-corrected chi connectivity index (χ4v) is 8.96. The molecule has 104 heavy (non-hydrogen) atoms. The number of nitrogens with zero attached hydrogens (tertiary/aromatic N) is 12. The van der Waals surface area contributed by atoms with E-state index in [4.69, 9.17) is 14.9 Å². The molecule has 0 aliphatic carbocycles. The van der Waals surface area contributed by atoms with Gasteiger partial charge in [0, 0.05) is 153 Å². The van der Waals surface area contributed by atoms with E-state index in [1.54, 1.807) is 113 Å². The van der Waals surface area contributed by atoms with E-state index in [1.165, 1.54) is 45.6 Å². The molecule has 1 atom stereocenters. The second-order valence-electron chi connectivity index (χ2n) is 23.9. The zero-order chi connectivity index (χ0) is 75.8. The lowest BCUT2D eigenvalue weighted by molar-refractivity contribution is 0.0785. The van der Waals surface area contributed by atoms with Gasteiger partial charge in [0.2, 0.25) is 5.88 Å². The summed E-state index contributed by atoms with van der Waals surface area (Å²) >= 11 is 0. The Bertz CT molecular complexity index is 3840. The van der Waals surface area contributed by atoms with Gasteiger partial charge in [-0.1, -0.05) is 110 Å². The zero-order valence-corrected chi connectivity index (χ0v) is 63.0. The molecule has 0 bridgehead atoms. The molecular weight excluding hydrogens is 1290 g/mol. The van der Waals surface area contributed by atoms with Gasteiger partial charge in [-0.2, -0.15) is 0 Å². The van der Waals surface area contributed by atoms with Crippen molar-refractivity contribution in [1.82, 2.24) is 54.8 Å². The summed E-state index contributed by atoms with van der Waals surface area (Å²) in [5.41, 5.74) is 16.0. The van der Waals surface area contributed by atoms with Crippen LogP contribution in [0.3, 0.4) is 0 Å². The van der Waals surface area contributed by atoms with Crippen molar-refractivity contribution in [2.45, 2.75) is 120 Å². The maximum absolute atomic E-state index is 9.46. The molecule has 0 spiro atoms. The number of aryl methyl sites for hydroxylation is 8. The molecule has 11 aromatic heterocycles. The first-order valence-electron chi connectivity index (χ1n) is 34.5. The number of aliphatic hydroxyl groups is 3. The lowest BCUT2D eigenvalue weighted by Crippen LogP contribution is -2.14. The standard InChI is InChI=1S/C18H15N.C8H11NO.2C8H11N.C7H10N2.2C7H9NO.C7H9N.C6H7NO.2C6H7N/c1-3-7-15(8-4-1)18(16-9-5-2-6-10-16)17-11-13-19-14-12-17;1-8(2,10)7-3-5-9-6-4-7;1-6-4-7(2)9-8(3)5-6;1-2-5-8-6-3-4-7-9-8;1-9(2)7-3-5-8-6-4-7;1-6(9)7-2-4-8-5-3-7;1-2-9-7-5-3-4-6-8-7;1-6-4-3-5-7(2)8-6;8-5-6-3-1-2-4-7-6;1-6-3-2-4-7-5-6;1-6-4-2-3-5-7-6/h1-14,18H;3-6,10H,1-2H3;4-5H,1-3H3;3-4,6-7H,2,5H2,1H3;3-6H,1-2H3;2-6,9H,1H3;3-6H,2H2,1H3;3-5H,1-2H3;1-4,8H,5H2;2*2-5H,1H3. The Morgan fingerprint density at radius 1 is 0.404 bits per heavy atom. The van der Waals surface area contributed by atoms with Crippen molar-refractivity contribution in [2.75, 3.05) is 25.6 Å². The Hall–Kier alpha value is -11.4. The van der Waals surface area contributed by atoms with E-state index in [0.29, 0.717) is 18.2 Å². The summed E-state index contributed by atoms with van der Waals surface area (Å²) in [6, 6.07) is 73.5. The van der Waals surface area contributed by atoms with Crippen molar-refractivity contribution in [2.24, 2.45) is 0 Å². The predicted molar refractivity (Wildman–Crippen MR) is 425 cm³/mol. The van der Waals surface area contributed by atoms with Crippen LogP contribution in [-0.4, -0.2) is 90.8 Å². The molecule has 0 saturated heterocycles. The van der Waals surface area contributed by atoms with Crippen molar-refractivity contribution < 1.29 is 20.1 Å². The van der Waals surface area contributed by atoms with Crippen LogP contribution in [0.1, 0.15) is 132 Å². The van der Waals surface area contributed by atoms with Gasteiger partial charge >= 0.3 is 0 Å². The summed E-state index contributed by atoms with van der Waals surface area (Å²) in [5.74, 6) is 0.963. The Morgan fingerprint density at radius 3 is 1.14 bits per heavy atom. The fourth-order valence-electron chi connectivity index (χ4n) is 8.96. The van der Waals surface area contributed by atoms with E-state index in [1.807, 2.05) is 195 Å². The average molecular weight is 1400 g/mol. The number of aromatic nitrogens is 11. The van der Waals surface area contributed by atoms with E-state index in [9.17, 15) is 5.11 Å². The fraction of sp³-hybridized carbons (Fsp3) is 0.239. The van der Waals surface area contributed by atoms with Gasteiger partial charge in [-0.25, -0.2) is 4.98 Å². The molecule has 3 N–H and O–H groups in total. The summed E-state index contributed by atoms with van der Waals surface area (Å²) in [6.45, 7) is 24.1. The molecule has 0 fully saturated rings. The molecule has 542 valence electrons. The first-order chi connectivity index (χ1) is 50.2. The Kier molecular flexibility index (Phi) is 44.6. The van der Waals surface area contributed by atoms with Gasteiger partial charge in [0.1, 0.15) is 0 Å². The van der Waals surface area contributed by atoms with Gasteiger partial charge < -0.3 is 25.0 Å². The molecule has 11 heterocycles. The van der Waals surface area contributed by atoms with Crippen LogP contribution >= 0.6 is 0 Å². The molecule has 0 aliphatic heterocycles. The number of ether oxygens (including phenoxy) is 1. The summed E-state index contributed by atoms with van der Waals surface area (Å²) < 4.78 is 5.09. The number of anilines is 1. The van der Waals surface area contributed by atoms with Crippen LogP contribution in [0.15, 0.2) is 311 Å². The highest BCUT2D eigenvalue weighted by Crippen LogP contribution is 2.31. The molecule has 0 aliphatic rings. The van der Waals surface area contributed by atoms with E-state index in [2.05, 4.69) is 160 Å².